The van der Waals surface area contributed by atoms with Gasteiger partial charge in [-0.15, -0.1) is 6.42 Å². The minimum Gasteiger partial charge on any atom is -0.487 e. The summed E-state index contributed by atoms with van der Waals surface area (Å²) in [6, 6.07) is 11.3. The highest BCUT2D eigenvalue weighted by molar-refractivity contribution is 5.82. The van der Waals surface area contributed by atoms with Crippen LogP contribution in [0.15, 0.2) is 42.6 Å². The number of fused-ring (bicyclic) bond motifs is 1. The number of aromatic amines is 1. The molecule has 0 aliphatic heterocycles. The van der Waals surface area contributed by atoms with E-state index in [1.807, 2.05) is 42.6 Å². The van der Waals surface area contributed by atoms with Crippen LogP contribution in [0.25, 0.3) is 22.3 Å². The third-order valence-electron chi connectivity index (χ3n) is 3.89. The van der Waals surface area contributed by atoms with Gasteiger partial charge < -0.3 is 19.3 Å². The summed E-state index contributed by atoms with van der Waals surface area (Å²) >= 11 is 0. The molecule has 27 heavy (non-hydrogen) atoms. The molecule has 2 aromatic carbocycles. The number of nitrogens with one attached hydrogen (secondary N) is 1. The standard InChI is InChI=1S/C21H20N2O4/c1-3-15-5-4-6-16(11-15)21-22-14-17-12-19(26-8-7-24)20(13-18(17)23-21)27-10-9-25-2/h1,4-6,11-14,24H,7-10H2,2H3/p+1. The van der Waals surface area contributed by atoms with Gasteiger partial charge in [0.05, 0.1) is 30.4 Å². The Morgan fingerprint density at radius 3 is 2.70 bits per heavy atom. The number of H-pyrrole nitrogens is 1. The maximum absolute atomic E-state index is 9.03. The van der Waals surface area contributed by atoms with E-state index in [1.165, 1.54) is 0 Å². The molecule has 0 fully saturated rings. The number of rotatable bonds is 8. The molecule has 2 N–H and O–H groups in total. The van der Waals surface area contributed by atoms with E-state index < -0.39 is 0 Å². The average molecular weight is 365 g/mol. The number of hydrogen-bond donors (Lipinski definition) is 1. The van der Waals surface area contributed by atoms with E-state index in [2.05, 4.69) is 10.9 Å². The molecule has 0 amide bonds. The molecule has 0 saturated carbocycles. The summed E-state index contributed by atoms with van der Waals surface area (Å²) in [6.07, 6.45) is 7.33. The minimum absolute atomic E-state index is 0.0790. The molecule has 0 bridgehead atoms. The van der Waals surface area contributed by atoms with Gasteiger partial charge in [-0.3, -0.25) is 0 Å². The zero-order chi connectivity index (χ0) is 19.1. The van der Waals surface area contributed by atoms with Gasteiger partial charge in [-0.1, -0.05) is 12.0 Å². The van der Waals surface area contributed by atoms with Crippen LogP contribution in [0.5, 0.6) is 11.5 Å². The fraction of sp³-hybridized carbons (Fsp3) is 0.238. The SMILES string of the molecule is C#Cc1cccc(-c2nc3cc(OCCOC)c(OCCO)cc3c[nH+]2)c1. The second kappa shape index (κ2) is 8.99. The van der Waals surface area contributed by atoms with Gasteiger partial charge in [-0.25, -0.2) is 4.98 Å². The van der Waals surface area contributed by atoms with Crippen LogP contribution in [0.3, 0.4) is 0 Å². The van der Waals surface area contributed by atoms with Gasteiger partial charge in [0.2, 0.25) is 0 Å². The van der Waals surface area contributed by atoms with Crippen molar-refractivity contribution in [2.45, 2.75) is 0 Å². The summed E-state index contributed by atoms with van der Waals surface area (Å²) in [4.78, 5) is 7.88. The lowest BCUT2D eigenvalue weighted by Crippen LogP contribution is -2.11. The summed E-state index contributed by atoms with van der Waals surface area (Å²) in [5.74, 6) is 4.43. The van der Waals surface area contributed by atoms with E-state index in [0.29, 0.717) is 30.5 Å². The molecule has 0 atom stereocenters. The third-order valence-corrected chi connectivity index (χ3v) is 3.89. The van der Waals surface area contributed by atoms with Crippen LogP contribution in [0.2, 0.25) is 0 Å². The van der Waals surface area contributed by atoms with E-state index in [-0.39, 0.29) is 13.2 Å². The Kier molecular flexibility index (Phi) is 6.21. The molecular weight excluding hydrogens is 344 g/mol. The largest absolute Gasteiger partial charge is 0.487 e. The molecule has 1 aromatic heterocycles. The fourth-order valence-electron chi connectivity index (χ4n) is 2.60. The first-order valence-electron chi connectivity index (χ1n) is 8.54. The molecule has 3 rings (SSSR count). The van der Waals surface area contributed by atoms with Crippen molar-refractivity contribution in [3.8, 4) is 35.2 Å². The predicted molar refractivity (Wildman–Crippen MR) is 102 cm³/mol. The second-order valence-electron chi connectivity index (χ2n) is 5.75. The summed E-state index contributed by atoms with van der Waals surface area (Å²) in [5.41, 5.74) is 2.44. The highest BCUT2D eigenvalue weighted by Gasteiger charge is 2.16. The first-order valence-corrected chi connectivity index (χ1v) is 8.54. The van der Waals surface area contributed by atoms with Crippen molar-refractivity contribution >= 4 is 10.9 Å². The molecule has 1 heterocycles. The van der Waals surface area contributed by atoms with Gasteiger partial charge in [0, 0.05) is 18.7 Å². The number of aromatic nitrogens is 2. The van der Waals surface area contributed by atoms with Crippen molar-refractivity contribution < 1.29 is 24.3 Å². The average Bonchev–Trinajstić information content (AvgIpc) is 2.72. The molecule has 0 aliphatic carbocycles. The first kappa shape index (κ1) is 18.6. The van der Waals surface area contributed by atoms with Crippen LogP contribution >= 0.6 is 0 Å². The highest BCUT2D eigenvalue weighted by atomic mass is 16.5. The summed E-state index contributed by atoms with van der Waals surface area (Å²) in [7, 11) is 1.61. The van der Waals surface area contributed by atoms with Crippen molar-refractivity contribution in [3.05, 3.63) is 48.2 Å². The van der Waals surface area contributed by atoms with Crippen LogP contribution in [0.1, 0.15) is 5.56 Å². The number of aliphatic hydroxyl groups excluding tert-OH is 1. The van der Waals surface area contributed by atoms with Gasteiger partial charge in [0.1, 0.15) is 13.2 Å². The summed E-state index contributed by atoms with van der Waals surface area (Å²) in [6.45, 7) is 0.940. The molecule has 0 unspecified atom stereocenters. The quantitative estimate of drug-likeness (QED) is 0.489. The maximum atomic E-state index is 9.03. The van der Waals surface area contributed by atoms with Crippen LogP contribution in [-0.4, -0.2) is 43.6 Å². The van der Waals surface area contributed by atoms with Crippen molar-refractivity contribution in [2.24, 2.45) is 0 Å². The van der Waals surface area contributed by atoms with Gasteiger partial charge in [-0.05, 0) is 29.2 Å². The third kappa shape index (κ3) is 4.53. The lowest BCUT2D eigenvalue weighted by molar-refractivity contribution is -0.366. The lowest BCUT2D eigenvalue weighted by atomic mass is 10.1. The molecule has 0 saturated heterocycles. The molecule has 138 valence electrons. The topological polar surface area (TPSA) is 75.0 Å². The van der Waals surface area contributed by atoms with Crippen molar-refractivity contribution in [3.63, 3.8) is 0 Å². The molecule has 6 nitrogen and oxygen atoms in total. The van der Waals surface area contributed by atoms with Gasteiger partial charge in [-0.2, -0.15) is 0 Å². The monoisotopic (exact) mass is 365 g/mol. The number of hydrogen-bond acceptors (Lipinski definition) is 5. The van der Waals surface area contributed by atoms with Crippen LogP contribution in [0, 0.1) is 12.3 Å². The molecule has 3 aromatic rings. The Labute approximate surface area is 157 Å². The van der Waals surface area contributed by atoms with E-state index in [9.17, 15) is 0 Å². The Morgan fingerprint density at radius 2 is 1.93 bits per heavy atom. The van der Waals surface area contributed by atoms with Crippen molar-refractivity contribution in [2.75, 3.05) is 33.5 Å². The van der Waals surface area contributed by atoms with Gasteiger partial charge in [0.25, 0.3) is 0 Å². The van der Waals surface area contributed by atoms with Gasteiger partial charge in [0.15, 0.2) is 17.0 Å². The molecular formula is C21H21N2O4+. The van der Waals surface area contributed by atoms with Crippen LogP contribution < -0.4 is 14.5 Å². The highest BCUT2D eigenvalue weighted by Crippen LogP contribution is 2.32. The predicted octanol–water partition coefficient (Wildman–Crippen LogP) is 2.09. The van der Waals surface area contributed by atoms with Crippen molar-refractivity contribution in [1.82, 2.24) is 4.98 Å². The van der Waals surface area contributed by atoms with Gasteiger partial charge >= 0.3 is 5.82 Å². The molecule has 6 heteroatoms. The first-order chi connectivity index (χ1) is 13.2. The Balaban J connectivity index is 2.00. The smallest absolute Gasteiger partial charge is 0.328 e. The second-order valence-corrected chi connectivity index (χ2v) is 5.75. The van der Waals surface area contributed by atoms with E-state index in [1.54, 1.807) is 7.11 Å². The number of nitrogens with zero attached hydrogens (tertiary/aromatic N) is 1. The number of ether oxygens (including phenoxy) is 3. The van der Waals surface area contributed by atoms with Crippen molar-refractivity contribution in [1.29, 1.82) is 0 Å². The summed E-state index contributed by atoms with van der Waals surface area (Å²) in [5, 5.41) is 9.89. The number of benzene rings is 2. The molecule has 0 spiro atoms. The van der Waals surface area contributed by atoms with E-state index in [4.69, 9.17) is 30.7 Å². The number of terminal acetylenes is 1. The normalized spacial score (nSPS) is 10.6. The van der Waals surface area contributed by atoms with Crippen LogP contribution in [-0.2, 0) is 4.74 Å². The molecule has 0 aliphatic rings. The Morgan fingerprint density at radius 1 is 1.11 bits per heavy atom. The Hall–Kier alpha value is -3.14. The maximum Gasteiger partial charge on any atom is 0.328 e. The van der Waals surface area contributed by atoms with Crippen LogP contribution in [0.4, 0.5) is 0 Å². The lowest BCUT2D eigenvalue weighted by Gasteiger charge is -2.12. The zero-order valence-electron chi connectivity index (χ0n) is 15.1. The van der Waals surface area contributed by atoms with E-state index >= 15 is 0 Å². The Bertz CT molecular complexity index is 966. The molecule has 0 radical (unpaired) electrons. The zero-order valence-corrected chi connectivity index (χ0v) is 15.1. The summed E-state index contributed by atoms with van der Waals surface area (Å²) < 4.78 is 16.4. The fourth-order valence-corrected chi connectivity index (χ4v) is 2.60. The number of aliphatic hydroxyl groups is 1. The minimum atomic E-state index is -0.0790. The number of methoxy groups -OCH3 is 1. The van der Waals surface area contributed by atoms with E-state index in [0.717, 1.165) is 22.0 Å².